The molecule has 0 aliphatic carbocycles. The Labute approximate surface area is 184 Å². The van der Waals surface area contributed by atoms with Crippen LogP contribution in [-0.2, 0) is 9.59 Å². The van der Waals surface area contributed by atoms with E-state index in [1.807, 2.05) is 115 Å². The molecular formula is C28H27NO2. The van der Waals surface area contributed by atoms with E-state index in [1.165, 1.54) is 6.92 Å². The molecule has 3 aromatic rings. The van der Waals surface area contributed by atoms with Crippen LogP contribution in [0.1, 0.15) is 30.9 Å². The number of rotatable bonds is 9. The van der Waals surface area contributed by atoms with Crippen LogP contribution in [0.15, 0.2) is 103 Å². The van der Waals surface area contributed by atoms with Gasteiger partial charge in [-0.15, -0.1) is 0 Å². The van der Waals surface area contributed by atoms with Crippen molar-refractivity contribution in [3.05, 3.63) is 114 Å². The lowest BCUT2D eigenvalue weighted by Gasteiger charge is -2.28. The van der Waals surface area contributed by atoms with Crippen molar-refractivity contribution in [2.45, 2.75) is 19.8 Å². The van der Waals surface area contributed by atoms with Gasteiger partial charge in [-0.25, -0.2) is 0 Å². The lowest BCUT2D eigenvalue weighted by Crippen LogP contribution is -2.41. The highest BCUT2D eigenvalue weighted by atomic mass is 16.2. The highest BCUT2D eigenvalue weighted by molar-refractivity contribution is 6.11. The van der Waals surface area contributed by atoms with Gasteiger partial charge in [0.05, 0.1) is 0 Å². The molecule has 3 aromatic carbocycles. The molecule has 3 rings (SSSR count). The molecule has 0 aromatic heterocycles. The summed E-state index contributed by atoms with van der Waals surface area (Å²) in [5, 5.41) is 2.93. The van der Waals surface area contributed by atoms with E-state index < -0.39 is 5.41 Å². The van der Waals surface area contributed by atoms with Gasteiger partial charge in [0.1, 0.15) is 11.2 Å². The molecule has 1 N–H and O–H groups in total. The molecule has 0 atom stereocenters. The number of para-hydroxylation sites is 1. The molecular weight excluding hydrogens is 382 g/mol. The van der Waals surface area contributed by atoms with Crippen molar-refractivity contribution < 1.29 is 9.59 Å². The number of anilines is 1. The summed E-state index contributed by atoms with van der Waals surface area (Å²) >= 11 is 0. The van der Waals surface area contributed by atoms with Crippen molar-refractivity contribution in [3.8, 4) is 0 Å². The van der Waals surface area contributed by atoms with E-state index in [-0.39, 0.29) is 11.7 Å². The summed E-state index contributed by atoms with van der Waals surface area (Å²) in [5.41, 5.74) is 1.55. The Hall–Kier alpha value is -3.72. The minimum Gasteiger partial charge on any atom is -0.325 e. The Bertz CT molecular complexity index is 987. The van der Waals surface area contributed by atoms with Crippen LogP contribution < -0.4 is 5.32 Å². The number of carbonyl (C=O) groups is 2. The number of ketones is 1. The van der Waals surface area contributed by atoms with Gasteiger partial charge in [0.15, 0.2) is 0 Å². The average molecular weight is 410 g/mol. The molecule has 0 saturated heterocycles. The number of Topliss-reactive ketones (excluding diaryl/α,β-unsaturated/α-hetero) is 1. The van der Waals surface area contributed by atoms with Gasteiger partial charge in [0.25, 0.3) is 0 Å². The Kier molecular flexibility index (Phi) is 7.72. The zero-order valence-corrected chi connectivity index (χ0v) is 17.7. The van der Waals surface area contributed by atoms with Gasteiger partial charge in [-0.05, 0) is 43.0 Å². The van der Waals surface area contributed by atoms with Crippen molar-refractivity contribution in [2.75, 3.05) is 5.32 Å². The zero-order chi connectivity index (χ0) is 21.9. The maximum absolute atomic E-state index is 13.4. The van der Waals surface area contributed by atoms with Crippen molar-refractivity contribution in [1.82, 2.24) is 0 Å². The minimum absolute atomic E-state index is 0.156. The topological polar surface area (TPSA) is 46.2 Å². The molecule has 0 spiro atoms. The zero-order valence-electron chi connectivity index (χ0n) is 17.7. The van der Waals surface area contributed by atoms with Gasteiger partial charge in [-0.1, -0.05) is 103 Å². The van der Waals surface area contributed by atoms with Crippen LogP contribution in [-0.4, -0.2) is 11.7 Å². The Balaban J connectivity index is 1.87. The quantitative estimate of drug-likeness (QED) is 0.415. The molecule has 3 nitrogen and oxygen atoms in total. The molecule has 0 fully saturated rings. The molecule has 156 valence electrons. The lowest BCUT2D eigenvalue weighted by atomic mass is 9.76. The van der Waals surface area contributed by atoms with Crippen LogP contribution in [0.25, 0.3) is 12.2 Å². The summed E-state index contributed by atoms with van der Waals surface area (Å²) in [6.07, 6.45) is 8.36. The first-order valence-electron chi connectivity index (χ1n) is 10.4. The molecule has 0 aliphatic rings. The molecule has 0 heterocycles. The number of hydrogen-bond donors (Lipinski definition) is 1. The van der Waals surface area contributed by atoms with Gasteiger partial charge in [0, 0.05) is 5.69 Å². The van der Waals surface area contributed by atoms with Crippen LogP contribution in [0.5, 0.6) is 0 Å². The predicted octanol–water partition coefficient (Wildman–Crippen LogP) is 6.41. The van der Waals surface area contributed by atoms with E-state index in [0.29, 0.717) is 18.5 Å². The summed E-state index contributed by atoms with van der Waals surface area (Å²) in [6.45, 7) is 1.50. The van der Waals surface area contributed by atoms with Crippen molar-refractivity contribution in [2.24, 2.45) is 5.41 Å². The summed E-state index contributed by atoms with van der Waals surface area (Å²) in [6, 6.07) is 29.0. The Morgan fingerprint density at radius 2 is 1.13 bits per heavy atom. The SMILES string of the molecule is CC(=O)C(C/C=C/c1ccccc1)(C/C=C/c1ccccc1)C(=O)Nc1ccccc1. The van der Waals surface area contributed by atoms with E-state index >= 15 is 0 Å². The lowest BCUT2D eigenvalue weighted by molar-refractivity contribution is -0.137. The van der Waals surface area contributed by atoms with Gasteiger partial charge in [-0.3, -0.25) is 9.59 Å². The van der Waals surface area contributed by atoms with E-state index in [4.69, 9.17) is 0 Å². The van der Waals surface area contributed by atoms with Gasteiger partial charge in [-0.2, -0.15) is 0 Å². The summed E-state index contributed by atoms with van der Waals surface area (Å²) < 4.78 is 0. The summed E-state index contributed by atoms with van der Waals surface area (Å²) in [4.78, 5) is 26.2. The van der Waals surface area contributed by atoms with E-state index in [2.05, 4.69) is 5.32 Å². The molecule has 0 unspecified atom stereocenters. The van der Waals surface area contributed by atoms with Crippen molar-refractivity contribution in [3.63, 3.8) is 0 Å². The van der Waals surface area contributed by atoms with Crippen LogP contribution in [0, 0.1) is 5.41 Å². The predicted molar refractivity (Wildman–Crippen MR) is 128 cm³/mol. The first kappa shape index (κ1) is 22.0. The van der Waals surface area contributed by atoms with Gasteiger partial charge >= 0.3 is 0 Å². The van der Waals surface area contributed by atoms with E-state index in [0.717, 1.165) is 11.1 Å². The van der Waals surface area contributed by atoms with Crippen molar-refractivity contribution in [1.29, 1.82) is 0 Å². The fourth-order valence-electron chi connectivity index (χ4n) is 3.41. The largest absolute Gasteiger partial charge is 0.325 e. The fraction of sp³-hybridized carbons (Fsp3) is 0.143. The fourth-order valence-corrected chi connectivity index (χ4v) is 3.41. The molecule has 0 aliphatic heterocycles. The van der Waals surface area contributed by atoms with Crippen LogP contribution >= 0.6 is 0 Å². The van der Waals surface area contributed by atoms with Gasteiger partial charge in [0.2, 0.25) is 5.91 Å². The monoisotopic (exact) mass is 409 g/mol. The molecule has 1 amide bonds. The second kappa shape index (κ2) is 10.9. The first-order valence-corrected chi connectivity index (χ1v) is 10.4. The molecule has 0 radical (unpaired) electrons. The maximum Gasteiger partial charge on any atom is 0.238 e. The number of carbonyl (C=O) groups excluding carboxylic acids is 2. The minimum atomic E-state index is -1.19. The Morgan fingerprint density at radius 3 is 1.55 bits per heavy atom. The standard InChI is InChI=1S/C28H27NO2/c1-23(30)28(21-11-17-24-13-5-2-6-14-24,22-12-18-25-15-7-3-8-16-25)27(31)29-26-19-9-4-10-20-26/h2-20H,21-22H2,1H3,(H,29,31)/b17-11+,18-12+. The number of amides is 1. The number of nitrogens with one attached hydrogen (secondary N) is 1. The first-order chi connectivity index (χ1) is 15.1. The summed E-state index contributed by atoms with van der Waals surface area (Å²) in [7, 11) is 0. The highest BCUT2D eigenvalue weighted by Gasteiger charge is 2.41. The number of hydrogen-bond acceptors (Lipinski definition) is 2. The van der Waals surface area contributed by atoms with Crippen LogP contribution in [0.3, 0.4) is 0 Å². The smallest absolute Gasteiger partial charge is 0.238 e. The molecule has 3 heteroatoms. The maximum atomic E-state index is 13.4. The third-order valence-electron chi connectivity index (χ3n) is 5.29. The number of benzene rings is 3. The van der Waals surface area contributed by atoms with Crippen LogP contribution in [0.4, 0.5) is 5.69 Å². The number of allylic oxidation sites excluding steroid dienone is 2. The van der Waals surface area contributed by atoms with Crippen LogP contribution in [0.2, 0.25) is 0 Å². The third kappa shape index (κ3) is 6.13. The van der Waals surface area contributed by atoms with E-state index in [1.54, 1.807) is 0 Å². The Morgan fingerprint density at radius 1 is 0.710 bits per heavy atom. The van der Waals surface area contributed by atoms with Gasteiger partial charge < -0.3 is 5.32 Å². The normalized spacial score (nSPS) is 11.6. The molecule has 0 saturated carbocycles. The second-order valence-electron chi connectivity index (χ2n) is 7.49. The van der Waals surface area contributed by atoms with Crippen molar-refractivity contribution >= 4 is 29.5 Å². The highest BCUT2D eigenvalue weighted by Crippen LogP contribution is 2.32. The molecule has 0 bridgehead atoms. The third-order valence-corrected chi connectivity index (χ3v) is 5.29. The summed E-state index contributed by atoms with van der Waals surface area (Å²) in [5.74, 6) is -0.446. The molecule has 31 heavy (non-hydrogen) atoms. The second-order valence-corrected chi connectivity index (χ2v) is 7.49. The van der Waals surface area contributed by atoms with E-state index in [9.17, 15) is 9.59 Å². The average Bonchev–Trinajstić information content (AvgIpc) is 2.80.